The Balaban J connectivity index is 1.53. The average Bonchev–Trinajstić information content (AvgIpc) is 3.10. The van der Waals surface area contributed by atoms with Gasteiger partial charge in [-0.1, -0.05) is 12.1 Å². The molecule has 0 aliphatic heterocycles. The second-order valence-corrected chi connectivity index (χ2v) is 7.74. The van der Waals surface area contributed by atoms with Crippen LogP contribution >= 0.6 is 11.3 Å². The lowest BCUT2D eigenvalue weighted by Crippen LogP contribution is -2.34. The maximum atomic E-state index is 11.3. The van der Waals surface area contributed by atoms with Crippen molar-refractivity contribution in [3.8, 4) is 5.75 Å². The van der Waals surface area contributed by atoms with Crippen LogP contribution in [0.1, 0.15) is 35.3 Å². The summed E-state index contributed by atoms with van der Waals surface area (Å²) in [5.41, 5.74) is 1.66. The molecular formula is C21H24N2O3S. The minimum atomic E-state index is -0.626. The number of carbonyl (C=O) groups is 1. The summed E-state index contributed by atoms with van der Waals surface area (Å²) in [5.74, 6) is 0.660. The number of hydrogen-bond acceptors (Lipinski definition) is 6. The number of hydrogen-bond donors (Lipinski definition) is 1. The van der Waals surface area contributed by atoms with E-state index in [-0.39, 0.29) is 18.4 Å². The van der Waals surface area contributed by atoms with E-state index >= 15 is 0 Å². The van der Waals surface area contributed by atoms with Gasteiger partial charge in [0.05, 0.1) is 16.3 Å². The molecular weight excluding hydrogens is 360 g/mol. The normalized spacial score (nSPS) is 13.7. The Hall–Kier alpha value is -2.28. The number of thiazole rings is 1. The summed E-state index contributed by atoms with van der Waals surface area (Å²) in [5, 5.41) is 11.4. The number of fused-ring (bicyclic) bond motifs is 1. The van der Waals surface area contributed by atoms with Crippen molar-refractivity contribution in [2.24, 2.45) is 0 Å². The topological polar surface area (TPSA) is 62.7 Å². The fraction of sp³-hybridized carbons (Fsp3) is 0.333. The number of carbonyl (C=O) groups excluding carboxylic acids is 1. The lowest BCUT2D eigenvalue weighted by molar-refractivity contribution is 0.0653. The molecule has 3 aromatic rings. The van der Waals surface area contributed by atoms with Gasteiger partial charge >= 0.3 is 0 Å². The van der Waals surface area contributed by atoms with Crippen molar-refractivity contribution in [2.45, 2.75) is 26.0 Å². The Labute approximate surface area is 163 Å². The molecule has 2 unspecified atom stereocenters. The first-order valence-electron chi connectivity index (χ1n) is 8.91. The van der Waals surface area contributed by atoms with Gasteiger partial charge in [0.1, 0.15) is 23.5 Å². The molecule has 6 heteroatoms. The Bertz CT molecular complexity index is 874. The lowest BCUT2D eigenvalue weighted by Gasteiger charge is -2.25. The van der Waals surface area contributed by atoms with Crippen LogP contribution in [0.2, 0.25) is 0 Å². The molecule has 0 aliphatic carbocycles. The number of rotatable bonds is 8. The number of ether oxygens (including phenoxy) is 1. The first kappa shape index (κ1) is 19.5. The number of nitrogens with zero attached hydrogens (tertiary/aromatic N) is 2. The van der Waals surface area contributed by atoms with Crippen molar-refractivity contribution in [3.05, 3.63) is 59.1 Å². The summed E-state index contributed by atoms with van der Waals surface area (Å²) in [6, 6.07) is 15.1. The standard InChI is InChI=1S/C21H24N2O3S/c1-14(21-22-19-6-4-5-7-20(19)27-21)23(3)12-17(25)13-26-18-10-8-16(9-11-18)15(2)24/h4-11,14,17,25H,12-13H2,1-3H3. The molecule has 0 saturated carbocycles. The second kappa shape index (κ2) is 8.61. The number of benzene rings is 2. The molecule has 5 nitrogen and oxygen atoms in total. The number of para-hydroxylation sites is 1. The molecule has 0 fully saturated rings. The largest absolute Gasteiger partial charge is 0.491 e. The molecule has 3 rings (SSSR count). The monoisotopic (exact) mass is 384 g/mol. The van der Waals surface area contributed by atoms with E-state index in [1.165, 1.54) is 11.6 Å². The fourth-order valence-corrected chi connectivity index (χ4v) is 3.86. The molecule has 2 aromatic carbocycles. The molecule has 0 aliphatic rings. The third-order valence-corrected chi connectivity index (χ3v) is 5.74. The van der Waals surface area contributed by atoms with Crippen molar-refractivity contribution in [2.75, 3.05) is 20.2 Å². The van der Waals surface area contributed by atoms with Gasteiger partial charge in [-0.2, -0.15) is 0 Å². The van der Waals surface area contributed by atoms with E-state index in [4.69, 9.17) is 9.72 Å². The van der Waals surface area contributed by atoms with E-state index in [2.05, 4.69) is 17.9 Å². The third-order valence-electron chi connectivity index (χ3n) is 4.53. The maximum absolute atomic E-state index is 11.3. The Morgan fingerprint density at radius 3 is 2.59 bits per heavy atom. The molecule has 2 atom stereocenters. The number of aliphatic hydroxyl groups excluding tert-OH is 1. The molecule has 27 heavy (non-hydrogen) atoms. The Morgan fingerprint density at radius 1 is 1.22 bits per heavy atom. The third kappa shape index (κ3) is 4.91. The van der Waals surface area contributed by atoms with E-state index in [0.717, 1.165) is 10.5 Å². The van der Waals surface area contributed by atoms with Crippen LogP contribution in [0.5, 0.6) is 5.75 Å². The minimum Gasteiger partial charge on any atom is -0.491 e. The minimum absolute atomic E-state index is 0.0204. The summed E-state index contributed by atoms with van der Waals surface area (Å²) in [6.45, 7) is 4.28. The van der Waals surface area contributed by atoms with Gasteiger partial charge in [-0.25, -0.2) is 4.98 Å². The lowest BCUT2D eigenvalue weighted by atomic mass is 10.1. The molecule has 0 saturated heterocycles. The second-order valence-electron chi connectivity index (χ2n) is 6.68. The predicted octanol–water partition coefficient (Wildman–Crippen LogP) is 3.93. The van der Waals surface area contributed by atoms with Crippen molar-refractivity contribution in [1.82, 2.24) is 9.88 Å². The van der Waals surface area contributed by atoms with Gasteiger partial charge in [0.2, 0.25) is 0 Å². The summed E-state index contributed by atoms with van der Waals surface area (Å²) in [6.07, 6.45) is -0.626. The van der Waals surface area contributed by atoms with E-state index in [0.29, 0.717) is 17.9 Å². The number of aromatic nitrogens is 1. The van der Waals surface area contributed by atoms with Gasteiger partial charge in [-0.15, -0.1) is 11.3 Å². The summed E-state index contributed by atoms with van der Waals surface area (Å²) >= 11 is 1.68. The highest BCUT2D eigenvalue weighted by Gasteiger charge is 2.19. The number of aliphatic hydroxyl groups is 1. The van der Waals surface area contributed by atoms with Crippen LogP contribution in [0.3, 0.4) is 0 Å². The van der Waals surface area contributed by atoms with Crippen LogP contribution in [0.15, 0.2) is 48.5 Å². The highest BCUT2D eigenvalue weighted by Crippen LogP contribution is 2.28. The van der Waals surface area contributed by atoms with Crippen LogP contribution in [-0.2, 0) is 0 Å². The van der Waals surface area contributed by atoms with Crippen LogP contribution in [0.25, 0.3) is 10.2 Å². The molecule has 0 radical (unpaired) electrons. The average molecular weight is 385 g/mol. The molecule has 0 amide bonds. The molecule has 1 aromatic heterocycles. The smallest absolute Gasteiger partial charge is 0.159 e. The van der Waals surface area contributed by atoms with E-state index in [1.807, 2.05) is 25.2 Å². The Morgan fingerprint density at radius 2 is 1.93 bits per heavy atom. The Kier molecular flexibility index (Phi) is 6.21. The summed E-state index contributed by atoms with van der Waals surface area (Å²) in [7, 11) is 1.97. The summed E-state index contributed by atoms with van der Waals surface area (Å²) < 4.78 is 6.81. The molecule has 1 N–H and O–H groups in total. The van der Waals surface area contributed by atoms with E-state index < -0.39 is 6.10 Å². The van der Waals surface area contributed by atoms with Crippen molar-refractivity contribution in [3.63, 3.8) is 0 Å². The molecule has 142 valence electrons. The van der Waals surface area contributed by atoms with Crippen molar-refractivity contribution >= 4 is 27.3 Å². The summed E-state index contributed by atoms with van der Waals surface area (Å²) in [4.78, 5) is 18.1. The zero-order valence-corrected chi connectivity index (χ0v) is 16.6. The number of likely N-dealkylation sites (N-methyl/N-ethyl adjacent to an activating group) is 1. The van der Waals surface area contributed by atoms with Gasteiger partial charge in [0, 0.05) is 12.1 Å². The van der Waals surface area contributed by atoms with Gasteiger partial charge in [0.15, 0.2) is 5.78 Å². The van der Waals surface area contributed by atoms with Gasteiger partial charge < -0.3 is 9.84 Å². The van der Waals surface area contributed by atoms with Crippen molar-refractivity contribution in [1.29, 1.82) is 0 Å². The zero-order chi connectivity index (χ0) is 19.4. The fourth-order valence-electron chi connectivity index (χ4n) is 2.78. The maximum Gasteiger partial charge on any atom is 0.159 e. The number of Topliss-reactive ketones (excluding diaryl/α,β-unsaturated/α-hetero) is 1. The quantitative estimate of drug-likeness (QED) is 0.596. The van der Waals surface area contributed by atoms with Crippen LogP contribution in [-0.4, -0.2) is 47.1 Å². The van der Waals surface area contributed by atoms with E-state index in [1.54, 1.807) is 35.6 Å². The first-order chi connectivity index (χ1) is 12.9. The highest BCUT2D eigenvalue weighted by molar-refractivity contribution is 7.18. The van der Waals surface area contributed by atoms with Crippen molar-refractivity contribution < 1.29 is 14.6 Å². The predicted molar refractivity (Wildman–Crippen MR) is 109 cm³/mol. The zero-order valence-electron chi connectivity index (χ0n) is 15.8. The number of ketones is 1. The SMILES string of the molecule is CC(=O)c1ccc(OCC(O)CN(C)C(C)c2nc3ccccc3s2)cc1. The van der Waals surface area contributed by atoms with Crippen LogP contribution in [0.4, 0.5) is 0 Å². The van der Waals surface area contributed by atoms with E-state index in [9.17, 15) is 9.90 Å². The molecule has 0 spiro atoms. The van der Waals surface area contributed by atoms with Gasteiger partial charge in [-0.3, -0.25) is 9.69 Å². The van der Waals surface area contributed by atoms with Gasteiger partial charge in [0.25, 0.3) is 0 Å². The molecule has 1 heterocycles. The highest BCUT2D eigenvalue weighted by atomic mass is 32.1. The van der Waals surface area contributed by atoms with Gasteiger partial charge in [-0.05, 0) is 57.3 Å². The van der Waals surface area contributed by atoms with Crippen LogP contribution in [0, 0.1) is 0 Å². The first-order valence-corrected chi connectivity index (χ1v) is 9.73. The van der Waals surface area contributed by atoms with Crippen LogP contribution < -0.4 is 4.74 Å². The molecule has 0 bridgehead atoms.